The molecule has 0 bridgehead atoms. The molecule has 0 aromatic heterocycles. The summed E-state index contributed by atoms with van der Waals surface area (Å²) in [5.74, 6) is 0.977. The van der Waals surface area contributed by atoms with Gasteiger partial charge < -0.3 is 14.6 Å². The molecule has 2 atom stereocenters. The lowest BCUT2D eigenvalue weighted by molar-refractivity contribution is -0.138. The number of ether oxygens (including phenoxy) is 2. The van der Waals surface area contributed by atoms with Crippen LogP contribution in [0.3, 0.4) is 0 Å². The Hall–Kier alpha value is -0.920. The largest absolute Gasteiger partial charge is 0.493 e. The summed E-state index contributed by atoms with van der Waals surface area (Å²) >= 11 is 5.04. The zero-order chi connectivity index (χ0) is 14.0. The van der Waals surface area contributed by atoms with Gasteiger partial charge >= 0.3 is 5.97 Å². The van der Waals surface area contributed by atoms with Gasteiger partial charge in [0.05, 0.1) is 19.6 Å². The van der Waals surface area contributed by atoms with Crippen molar-refractivity contribution in [3.63, 3.8) is 0 Å². The van der Waals surface area contributed by atoms with Gasteiger partial charge in [-0.2, -0.15) is 0 Å². The molecule has 104 valence electrons. The van der Waals surface area contributed by atoms with Crippen molar-refractivity contribution in [2.75, 3.05) is 20.0 Å². The molecular weight excluding hydrogens is 334 g/mol. The Labute approximate surface area is 123 Å². The third kappa shape index (κ3) is 2.98. The summed E-state index contributed by atoms with van der Waals surface area (Å²) in [5, 5.41) is 12.0. The normalized spacial score (nSPS) is 22.3. The first-order chi connectivity index (χ1) is 9.06. The number of hydrogen-bond acceptors (Lipinski definition) is 5. The predicted molar refractivity (Wildman–Crippen MR) is 77.0 cm³/mol. The molecule has 0 spiro atoms. The van der Waals surface area contributed by atoms with Gasteiger partial charge in [-0.3, -0.25) is 10.1 Å². The van der Waals surface area contributed by atoms with Crippen molar-refractivity contribution in [1.82, 2.24) is 5.32 Å². The van der Waals surface area contributed by atoms with Crippen molar-refractivity contribution in [3.8, 4) is 11.5 Å². The van der Waals surface area contributed by atoms with Crippen LogP contribution in [0, 0.1) is 0 Å². The average Bonchev–Trinajstić information content (AvgIpc) is 2.87. The standard InChI is InChI=1S/C12H14BrNO4S/c1-17-9-3-6(7(13)4-10(9)18-2)11-14-8(5-19-11)12(15)16/h3-4,8,11,14H,5H2,1-2H3,(H,15,16)/t8-,11-/m0/s1. The van der Waals surface area contributed by atoms with E-state index in [1.807, 2.05) is 12.1 Å². The van der Waals surface area contributed by atoms with E-state index >= 15 is 0 Å². The lowest BCUT2D eigenvalue weighted by Crippen LogP contribution is -2.33. The minimum Gasteiger partial charge on any atom is -0.493 e. The molecule has 2 rings (SSSR count). The zero-order valence-electron chi connectivity index (χ0n) is 10.5. The first-order valence-corrected chi connectivity index (χ1v) is 7.43. The highest BCUT2D eigenvalue weighted by molar-refractivity contribution is 9.10. The summed E-state index contributed by atoms with van der Waals surface area (Å²) in [6, 6.07) is 3.16. The molecule has 1 aliphatic rings. The Morgan fingerprint density at radius 1 is 1.42 bits per heavy atom. The van der Waals surface area contributed by atoms with Gasteiger partial charge in [0.15, 0.2) is 11.5 Å². The first-order valence-electron chi connectivity index (χ1n) is 5.58. The molecule has 0 unspecified atom stereocenters. The third-order valence-electron chi connectivity index (χ3n) is 2.87. The zero-order valence-corrected chi connectivity index (χ0v) is 12.9. The van der Waals surface area contributed by atoms with Crippen LogP contribution in [0.4, 0.5) is 0 Å². The molecule has 0 radical (unpaired) electrons. The van der Waals surface area contributed by atoms with Crippen LogP contribution in [0.5, 0.6) is 11.5 Å². The summed E-state index contributed by atoms with van der Waals surface area (Å²) in [7, 11) is 3.15. The van der Waals surface area contributed by atoms with Crippen LogP contribution in [-0.2, 0) is 4.79 Å². The Morgan fingerprint density at radius 2 is 2.05 bits per heavy atom. The number of carbonyl (C=O) groups is 1. The first kappa shape index (κ1) is 14.5. The van der Waals surface area contributed by atoms with E-state index in [0.29, 0.717) is 17.3 Å². The van der Waals surface area contributed by atoms with Crippen LogP contribution in [0.25, 0.3) is 0 Å². The number of nitrogens with one attached hydrogen (secondary N) is 1. The number of aliphatic carboxylic acids is 1. The molecule has 1 aromatic carbocycles. The second kappa shape index (κ2) is 6.02. The van der Waals surface area contributed by atoms with Gasteiger partial charge in [-0.25, -0.2) is 0 Å². The van der Waals surface area contributed by atoms with Gasteiger partial charge in [0.25, 0.3) is 0 Å². The van der Waals surface area contributed by atoms with E-state index in [0.717, 1.165) is 10.0 Å². The van der Waals surface area contributed by atoms with Gasteiger partial charge in [0.1, 0.15) is 6.04 Å². The lowest BCUT2D eigenvalue weighted by atomic mass is 10.2. The molecule has 0 aliphatic carbocycles. The number of benzene rings is 1. The minimum absolute atomic E-state index is 0.0738. The molecular formula is C12H14BrNO4S. The highest BCUT2D eigenvalue weighted by Crippen LogP contribution is 2.41. The maximum atomic E-state index is 11.0. The predicted octanol–water partition coefficient (Wildman–Crippen LogP) is 2.25. The minimum atomic E-state index is -0.827. The van der Waals surface area contributed by atoms with Gasteiger partial charge in [0.2, 0.25) is 0 Å². The van der Waals surface area contributed by atoms with E-state index in [9.17, 15) is 4.79 Å². The van der Waals surface area contributed by atoms with Gasteiger partial charge in [-0.05, 0) is 17.7 Å². The summed E-state index contributed by atoms with van der Waals surface area (Å²) in [6.45, 7) is 0. The van der Waals surface area contributed by atoms with Crippen LogP contribution in [0.1, 0.15) is 10.9 Å². The molecule has 1 fully saturated rings. The Morgan fingerprint density at radius 3 is 2.58 bits per heavy atom. The number of rotatable bonds is 4. The van der Waals surface area contributed by atoms with E-state index in [1.54, 1.807) is 26.0 Å². The molecule has 1 heterocycles. The highest BCUT2D eigenvalue weighted by Gasteiger charge is 2.31. The second-order valence-electron chi connectivity index (χ2n) is 4.00. The molecule has 0 saturated carbocycles. The maximum Gasteiger partial charge on any atom is 0.321 e. The van der Waals surface area contributed by atoms with Crippen LogP contribution >= 0.6 is 27.7 Å². The summed E-state index contributed by atoms with van der Waals surface area (Å²) < 4.78 is 11.3. The highest BCUT2D eigenvalue weighted by atomic mass is 79.9. The van der Waals surface area contributed by atoms with Crippen molar-refractivity contribution < 1.29 is 19.4 Å². The SMILES string of the molecule is COc1cc(Br)c([C@H]2N[C@H](C(=O)O)CS2)cc1OC. The molecule has 1 aliphatic heterocycles. The summed E-state index contributed by atoms with van der Waals surface area (Å²) in [4.78, 5) is 11.0. The average molecular weight is 348 g/mol. The fourth-order valence-electron chi connectivity index (χ4n) is 1.86. The third-order valence-corrected chi connectivity index (χ3v) is 4.80. The van der Waals surface area contributed by atoms with Crippen molar-refractivity contribution in [3.05, 3.63) is 22.2 Å². The van der Waals surface area contributed by atoms with Crippen LogP contribution in [-0.4, -0.2) is 37.1 Å². The van der Waals surface area contributed by atoms with Crippen molar-refractivity contribution in [2.24, 2.45) is 0 Å². The maximum absolute atomic E-state index is 11.0. The monoisotopic (exact) mass is 347 g/mol. The Bertz CT molecular complexity index is 497. The molecule has 7 heteroatoms. The molecule has 1 saturated heterocycles. The second-order valence-corrected chi connectivity index (χ2v) is 5.99. The number of carboxylic acids is 1. The smallest absolute Gasteiger partial charge is 0.321 e. The quantitative estimate of drug-likeness (QED) is 0.870. The summed E-state index contributed by atoms with van der Waals surface area (Å²) in [6.07, 6.45) is 0. The van der Waals surface area contributed by atoms with Crippen LogP contribution in [0.2, 0.25) is 0 Å². The molecule has 0 amide bonds. The number of hydrogen-bond donors (Lipinski definition) is 2. The van der Waals surface area contributed by atoms with E-state index in [2.05, 4.69) is 21.2 Å². The Balaban J connectivity index is 2.28. The number of methoxy groups -OCH3 is 2. The molecule has 19 heavy (non-hydrogen) atoms. The Kier molecular flexibility index (Phi) is 4.59. The van der Waals surface area contributed by atoms with Gasteiger partial charge in [-0.1, -0.05) is 15.9 Å². The van der Waals surface area contributed by atoms with Crippen molar-refractivity contribution >= 4 is 33.7 Å². The number of carboxylic acid groups (broad SMARTS) is 1. The lowest BCUT2D eigenvalue weighted by Gasteiger charge is -2.16. The van der Waals surface area contributed by atoms with E-state index in [-0.39, 0.29) is 5.37 Å². The molecule has 1 aromatic rings. The number of thioether (sulfide) groups is 1. The number of halogens is 1. The van der Waals surface area contributed by atoms with E-state index < -0.39 is 12.0 Å². The van der Waals surface area contributed by atoms with E-state index in [4.69, 9.17) is 14.6 Å². The summed E-state index contributed by atoms with van der Waals surface area (Å²) in [5.41, 5.74) is 0.950. The molecule has 2 N–H and O–H groups in total. The van der Waals surface area contributed by atoms with Gasteiger partial charge in [-0.15, -0.1) is 11.8 Å². The van der Waals surface area contributed by atoms with E-state index in [1.165, 1.54) is 0 Å². The molecule has 5 nitrogen and oxygen atoms in total. The fraction of sp³-hybridized carbons (Fsp3) is 0.417. The van der Waals surface area contributed by atoms with Crippen LogP contribution < -0.4 is 14.8 Å². The van der Waals surface area contributed by atoms with Gasteiger partial charge in [0, 0.05) is 10.2 Å². The topological polar surface area (TPSA) is 67.8 Å². The van der Waals surface area contributed by atoms with Crippen molar-refractivity contribution in [2.45, 2.75) is 11.4 Å². The van der Waals surface area contributed by atoms with Crippen molar-refractivity contribution in [1.29, 1.82) is 0 Å². The van der Waals surface area contributed by atoms with Crippen LogP contribution in [0.15, 0.2) is 16.6 Å². The fourth-order valence-corrected chi connectivity index (χ4v) is 3.83.